The largest absolute Gasteiger partial charge is 0.481 e. The third-order valence-corrected chi connectivity index (χ3v) is 2.79. The SMILES string of the molecule is CC(C)c1ccccc1.O=C1C[C@H](C(=O)O)CN1. The van der Waals surface area contributed by atoms with Crippen LogP contribution < -0.4 is 5.32 Å². The van der Waals surface area contributed by atoms with Crippen molar-refractivity contribution in [2.45, 2.75) is 26.2 Å². The molecule has 1 saturated heterocycles. The fourth-order valence-corrected chi connectivity index (χ4v) is 1.62. The number of rotatable bonds is 2. The topological polar surface area (TPSA) is 66.4 Å². The molecular weight excluding hydrogens is 230 g/mol. The van der Waals surface area contributed by atoms with Crippen LogP contribution in [0.5, 0.6) is 0 Å². The van der Waals surface area contributed by atoms with Crippen molar-refractivity contribution >= 4 is 11.9 Å². The van der Waals surface area contributed by atoms with E-state index in [0.29, 0.717) is 5.92 Å². The number of carbonyl (C=O) groups is 2. The van der Waals surface area contributed by atoms with Gasteiger partial charge in [0.25, 0.3) is 0 Å². The maximum absolute atomic E-state index is 10.4. The van der Waals surface area contributed by atoms with Gasteiger partial charge in [-0.15, -0.1) is 0 Å². The van der Waals surface area contributed by atoms with Crippen LogP contribution >= 0.6 is 0 Å². The van der Waals surface area contributed by atoms with Crippen LogP contribution in [-0.4, -0.2) is 23.5 Å². The second kappa shape index (κ2) is 6.79. The fraction of sp³-hybridized carbons (Fsp3) is 0.429. The van der Waals surface area contributed by atoms with Gasteiger partial charge in [-0.1, -0.05) is 44.2 Å². The van der Waals surface area contributed by atoms with Gasteiger partial charge in [-0.2, -0.15) is 0 Å². The number of nitrogens with one attached hydrogen (secondary N) is 1. The number of hydrogen-bond donors (Lipinski definition) is 2. The smallest absolute Gasteiger partial charge is 0.308 e. The molecule has 1 aromatic carbocycles. The number of carboxylic acid groups (broad SMARTS) is 1. The molecule has 1 heterocycles. The van der Waals surface area contributed by atoms with Crippen LogP contribution in [0.15, 0.2) is 30.3 Å². The van der Waals surface area contributed by atoms with Crippen molar-refractivity contribution in [3.63, 3.8) is 0 Å². The van der Waals surface area contributed by atoms with Crippen molar-refractivity contribution in [3.8, 4) is 0 Å². The molecule has 18 heavy (non-hydrogen) atoms. The van der Waals surface area contributed by atoms with Gasteiger partial charge in [0.05, 0.1) is 5.92 Å². The minimum absolute atomic E-state index is 0.134. The van der Waals surface area contributed by atoms with Crippen LogP contribution in [0.2, 0.25) is 0 Å². The number of aliphatic carboxylic acids is 1. The first kappa shape index (κ1) is 14.2. The summed E-state index contributed by atoms with van der Waals surface area (Å²) in [6, 6.07) is 10.5. The predicted molar refractivity (Wildman–Crippen MR) is 69.3 cm³/mol. The molecule has 1 fully saturated rings. The third-order valence-electron chi connectivity index (χ3n) is 2.79. The first-order valence-electron chi connectivity index (χ1n) is 6.05. The Kier molecular flexibility index (Phi) is 5.36. The van der Waals surface area contributed by atoms with Crippen molar-refractivity contribution < 1.29 is 14.7 Å². The van der Waals surface area contributed by atoms with Crippen LogP contribution in [0, 0.1) is 5.92 Å². The molecule has 0 unspecified atom stereocenters. The minimum atomic E-state index is -0.895. The molecule has 0 bridgehead atoms. The van der Waals surface area contributed by atoms with Crippen molar-refractivity contribution in [1.29, 1.82) is 0 Å². The normalized spacial score (nSPS) is 17.9. The maximum atomic E-state index is 10.4. The van der Waals surface area contributed by atoms with E-state index in [1.54, 1.807) is 0 Å². The standard InChI is InChI=1S/C9H12.C5H7NO3/c1-8(2)9-6-4-3-5-7-9;7-4-1-3(2-6-4)5(8)9/h3-8H,1-2H3;3H,1-2H2,(H,6,7)(H,8,9)/t;3-/m.0/s1. The second-order valence-corrected chi connectivity index (χ2v) is 4.61. The average Bonchev–Trinajstić information content (AvgIpc) is 2.78. The Hall–Kier alpha value is -1.84. The summed E-state index contributed by atoms with van der Waals surface area (Å²) in [7, 11) is 0. The lowest BCUT2D eigenvalue weighted by molar-refractivity contribution is -0.141. The van der Waals surface area contributed by atoms with Crippen LogP contribution in [0.4, 0.5) is 0 Å². The molecule has 2 rings (SSSR count). The molecule has 4 nitrogen and oxygen atoms in total. The summed E-state index contributed by atoms with van der Waals surface area (Å²) in [5, 5.41) is 10.8. The third kappa shape index (κ3) is 4.57. The molecule has 0 aromatic heterocycles. The molecule has 2 N–H and O–H groups in total. The quantitative estimate of drug-likeness (QED) is 0.842. The zero-order chi connectivity index (χ0) is 13.5. The average molecular weight is 249 g/mol. The highest BCUT2D eigenvalue weighted by Crippen LogP contribution is 2.11. The lowest BCUT2D eigenvalue weighted by Crippen LogP contribution is -2.17. The predicted octanol–water partition coefficient (Wildman–Crippen LogP) is 2.02. The van der Waals surface area contributed by atoms with E-state index < -0.39 is 11.9 Å². The van der Waals surface area contributed by atoms with Crippen molar-refractivity contribution in [1.82, 2.24) is 5.32 Å². The summed E-state index contributed by atoms with van der Waals surface area (Å²) in [6.45, 7) is 4.69. The highest BCUT2D eigenvalue weighted by atomic mass is 16.4. The number of amides is 1. The van der Waals surface area contributed by atoms with Gasteiger partial charge in [-0.25, -0.2) is 0 Å². The molecule has 0 aliphatic carbocycles. The molecule has 1 amide bonds. The van der Waals surface area contributed by atoms with Gasteiger partial charge in [-0.3, -0.25) is 9.59 Å². The van der Waals surface area contributed by atoms with E-state index in [1.807, 2.05) is 6.07 Å². The molecule has 0 saturated carbocycles. The van der Waals surface area contributed by atoms with E-state index in [4.69, 9.17) is 5.11 Å². The zero-order valence-electron chi connectivity index (χ0n) is 10.7. The van der Waals surface area contributed by atoms with Crippen molar-refractivity contribution in [2.24, 2.45) is 5.92 Å². The van der Waals surface area contributed by atoms with Gasteiger partial charge in [0.1, 0.15) is 0 Å². The van der Waals surface area contributed by atoms with E-state index in [1.165, 1.54) is 5.56 Å². The van der Waals surface area contributed by atoms with E-state index in [9.17, 15) is 9.59 Å². The van der Waals surface area contributed by atoms with Crippen LogP contribution in [0.3, 0.4) is 0 Å². The number of carboxylic acids is 1. The first-order chi connectivity index (χ1) is 8.50. The van der Waals surface area contributed by atoms with Crippen molar-refractivity contribution in [3.05, 3.63) is 35.9 Å². The molecule has 0 spiro atoms. The van der Waals surface area contributed by atoms with E-state index in [-0.39, 0.29) is 18.9 Å². The number of benzene rings is 1. The molecule has 98 valence electrons. The van der Waals surface area contributed by atoms with Crippen LogP contribution in [0.1, 0.15) is 31.7 Å². The minimum Gasteiger partial charge on any atom is -0.481 e. The highest BCUT2D eigenvalue weighted by Gasteiger charge is 2.26. The lowest BCUT2D eigenvalue weighted by Gasteiger charge is -2.01. The summed E-state index contributed by atoms with van der Waals surface area (Å²) >= 11 is 0. The number of carbonyl (C=O) groups excluding carboxylic acids is 1. The second-order valence-electron chi connectivity index (χ2n) is 4.61. The van der Waals surface area contributed by atoms with E-state index in [0.717, 1.165) is 0 Å². The van der Waals surface area contributed by atoms with E-state index >= 15 is 0 Å². The Bertz CT molecular complexity index is 401. The molecule has 4 heteroatoms. The highest BCUT2D eigenvalue weighted by molar-refractivity contribution is 5.85. The molecule has 1 aliphatic rings. The van der Waals surface area contributed by atoms with E-state index in [2.05, 4.69) is 43.4 Å². The molecule has 0 radical (unpaired) electrons. The monoisotopic (exact) mass is 249 g/mol. The molecule has 1 aromatic rings. The molecule has 1 aliphatic heterocycles. The summed E-state index contributed by atoms with van der Waals surface area (Å²) in [4.78, 5) is 20.5. The lowest BCUT2D eigenvalue weighted by atomic mass is 10.0. The van der Waals surface area contributed by atoms with Crippen LogP contribution in [0.25, 0.3) is 0 Å². The fourth-order valence-electron chi connectivity index (χ4n) is 1.62. The van der Waals surface area contributed by atoms with Gasteiger partial charge >= 0.3 is 5.97 Å². The summed E-state index contributed by atoms with van der Waals surface area (Å²) in [6.07, 6.45) is 0.134. The van der Waals surface area contributed by atoms with Crippen LogP contribution in [-0.2, 0) is 9.59 Å². The number of hydrogen-bond acceptors (Lipinski definition) is 2. The zero-order valence-corrected chi connectivity index (χ0v) is 10.7. The van der Waals surface area contributed by atoms with Gasteiger partial charge in [0.15, 0.2) is 0 Å². The van der Waals surface area contributed by atoms with Gasteiger partial charge < -0.3 is 10.4 Å². The molecular formula is C14H19NO3. The van der Waals surface area contributed by atoms with Gasteiger partial charge in [-0.05, 0) is 11.5 Å². The Labute approximate surface area is 107 Å². The Morgan fingerprint density at radius 2 is 1.94 bits per heavy atom. The summed E-state index contributed by atoms with van der Waals surface area (Å²) in [5.74, 6) is -0.903. The van der Waals surface area contributed by atoms with Gasteiger partial charge in [0.2, 0.25) is 5.91 Å². The van der Waals surface area contributed by atoms with Crippen molar-refractivity contribution in [2.75, 3.05) is 6.54 Å². The summed E-state index contributed by atoms with van der Waals surface area (Å²) < 4.78 is 0. The molecule has 1 atom stereocenters. The Morgan fingerprint density at radius 3 is 2.22 bits per heavy atom. The Balaban J connectivity index is 0.000000180. The maximum Gasteiger partial charge on any atom is 0.308 e. The van der Waals surface area contributed by atoms with Gasteiger partial charge in [0, 0.05) is 13.0 Å². The summed E-state index contributed by atoms with van der Waals surface area (Å²) in [5.41, 5.74) is 1.41. The first-order valence-corrected chi connectivity index (χ1v) is 6.05. The Morgan fingerprint density at radius 1 is 1.33 bits per heavy atom.